The Balaban J connectivity index is 5.15. The summed E-state index contributed by atoms with van der Waals surface area (Å²) < 4.78 is 4.98. The number of rotatable bonds is 9. The number of aliphatic carboxylic acids is 1. The Morgan fingerprint density at radius 1 is 1.35 bits per heavy atom. The first-order valence-corrected chi connectivity index (χ1v) is 5.82. The lowest BCUT2D eigenvalue weighted by Crippen LogP contribution is -2.55. The monoisotopic (exact) mass is 293 g/mol. The number of aliphatic hydroxyl groups is 3. The Morgan fingerprint density at radius 2 is 1.90 bits per heavy atom. The summed E-state index contributed by atoms with van der Waals surface area (Å²) in [6.07, 6.45) is -6.09. The van der Waals surface area contributed by atoms with Crippen LogP contribution in [0.4, 0.5) is 0 Å². The van der Waals surface area contributed by atoms with Gasteiger partial charge in [0.1, 0.15) is 30.6 Å². The van der Waals surface area contributed by atoms with Gasteiger partial charge in [0, 0.05) is 6.92 Å². The first-order chi connectivity index (χ1) is 9.24. The molecule has 0 aliphatic rings. The van der Waals surface area contributed by atoms with Crippen molar-refractivity contribution in [3.63, 3.8) is 0 Å². The summed E-state index contributed by atoms with van der Waals surface area (Å²) in [5, 5.41) is 38.8. The minimum absolute atomic E-state index is 0.244. The summed E-state index contributed by atoms with van der Waals surface area (Å²) in [5.74, 6) is -1.96. The summed E-state index contributed by atoms with van der Waals surface area (Å²) in [6.45, 7) is 1.44. The van der Waals surface area contributed by atoms with Crippen molar-refractivity contribution in [1.29, 1.82) is 0 Å². The van der Waals surface area contributed by atoms with Crippen LogP contribution in [-0.4, -0.2) is 75.7 Å². The van der Waals surface area contributed by atoms with Crippen LogP contribution in [0.5, 0.6) is 0 Å². The van der Waals surface area contributed by atoms with Gasteiger partial charge in [0.05, 0.1) is 6.61 Å². The average Bonchev–Trinajstić information content (AvgIpc) is 2.39. The molecule has 9 nitrogen and oxygen atoms in total. The van der Waals surface area contributed by atoms with Crippen LogP contribution in [-0.2, 0) is 19.1 Å². The van der Waals surface area contributed by atoms with Crippen molar-refractivity contribution in [3.8, 4) is 0 Å². The standard InChI is InChI=1S/C11H19NO8/c1-5(11(18)19)20-10(9(17)8(16)4-14)7(3-13)12-6(2)15/h3,5,7-10,14,16-17H,4H2,1-2H3,(H,12,15)(H,18,19)/t5-,7+,8-,9+,10+/m1/s1. The maximum atomic E-state index is 11.0. The average molecular weight is 293 g/mol. The zero-order valence-electron chi connectivity index (χ0n) is 11.1. The lowest BCUT2D eigenvalue weighted by atomic mass is 10.0. The molecule has 0 aliphatic heterocycles. The van der Waals surface area contributed by atoms with Crippen LogP contribution in [0.1, 0.15) is 13.8 Å². The summed E-state index contributed by atoms with van der Waals surface area (Å²) >= 11 is 0. The van der Waals surface area contributed by atoms with E-state index in [0.29, 0.717) is 0 Å². The summed E-state index contributed by atoms with van der Waals surface area (Å²) in [5.41, 5.74) is 0. The Morgan fingerprint density at radius 3 is 2.25 bits per heavy atom. The number of carbonyl (C=O) groups excluding carboxylic acids is 2. The third kappa shape index (κ3) is 5.61. The van der Waals surface area contributed by atoms with Gasteiger partial charge in [-0.05, 0) is 6.92 Å². The van der Waals surface area contributed by atoms with E-state index in [2.05, 4.69) is 5.32 Å². The molecule has 0 saturated heterocycles. The number of nitrogens with one attached hydrogen (secondary N) is 1. The number of aldehydes is 1. The second-order valence-electron chi connectivity index (χ2n) is 4.18. The SMILES string of the molecule is CC(=O)N[C@@H](C=O)[C@H](O[C@H](C)C(=O)O)[C@@H](O)[C@H](O)CO. The summed E-state index contributed by atoms with van der Waals surface area (Å²) in [7, 11) is 0. The van der Waals surface area contributed by atoms with Crippen molar-refractivity contribution in [2.45, 2.75) is 44.3 Å². The molecule has 116 valence electrons. The highest BCUT2D eigenvalue weighted by atomic mass is 16.5. The fourth-order valence-corrected chi connectivity index (χ4v) is 1.43. The van der Waals surface area contributed by atoms with E-state index in [-0.39, 0.29) is 6.29 Å². The van der Waals surface area contributed by atoms with E-state index in [9.17, 15) is 24.6 Å². The number of carboxylic acid groups (broad SMARTS) is 1. The molecule has 5 N–H and O–H groups in total. The highest BCUT2D eigenvalue weighted by molar-refractivity contribution is 5.77. The first-order valence-electron chi connectivity index (χ1n) is 5.82. The van der Waals surface area contributed by atoms with Gasteiger partial charge >= 0.3 is 5.97 Å². The molecular weight excluding hydrogens is 274 g/mol. The van der Waals surface area contributed by atoms with E-state index in [4.69, 9.17) is 14.9 Å². The van der Waals surface area contributed by atoms with Gasteiger partial charge in [0.2, 0.25) is 5.91 Å². The minimum atomic E-state index is -1.76. The highest BCUT2D eigenvalue weighted by Gasteiger charge is 2.36. The minimum Gasteiger partial charge on any atom is -0.479 e. The molecule has 5 atom stereocenters. The number of aliphatic hydroxyl groups excluding tert-OH is 3. The largest absolute Gasteiger partial charge is 0.479 e. The van der Waals surface area contributed by atoms with Crippen LogP contribution in [0.25, 0.3) is 0 Å². The first kappa shape index (κ1) is 18.4. The van der Waals surface area contributed by atoms with Crippen molar-refractivity contribution in [2.24, 2.45) is 0 Å². The molecule has 0 spiro atoms. The highest BCUT2D eigenvalue weighted by Crippen LogP contribution is 2.12. The van der Waals surface area contributed by atoms with E-state index in [1.54, 1.807) is 0 Å². The van der Waals surface area contributed by atoms with Crippen LogP contribution >= 0.6 is 0 Å². The quantitative estimate of drug-likeness (QED) is 0.287. The third-order valence-corrected chi connectivity index (χ3v) is 2.50. The molecular formula is C11H19NO8. The second-order valence-corrected chi connectivity index (χ2v) is 4.18. The van der Waals surface area contributed by atoms with Gasteiger partial charge in [-0.15, -0.1) is 0 Å². The predicted octanol–water partition coefficient (Wildman–Crippen LogP) is -2.74. The normalized spacial score (nSPS) is 18.4. The third-order valence-electron chi connectivity index (χ3n) is 2.50. The molecule has 0 aliphatic carbocycles. The second kappa shape index (κ2) is 8.59. The van der Waals surface area contributed by atoms with Crippen molar-refractivity contribution in [1.82, 2.24) is 5.32 Å². The maximum Gasteiger partial charge on any atom is 0.332 e. The Kier molecular flexibility index (Phi) is 7.92. The molecule has 0 rings (SSSR count). The van der Waals surface area contributed by atoms with Gasteiger partial charge in [0.15, 0.2) is 6.10 Å². The fourth-order valence-electron chi connectivity index (χ4n) is 1.43. The van der Waals surface area contributed by atoms with Crippen LogP contribution in [0.2, 0.25) is 0 Å². The lowest BCUT2D eigenvalue weighted by Gasteiger charge is -2.31. The number of ether oxygens (including phenoxy) is 1. The number of carboxylic acids is 1. The fraction of sp³-hybridized carbons (Fsp3) is 0.727. The zero-order valence-corrected chi connectivity index (χ0v) is 11.1. The van der Waals surface area contributed by atoms with E-state index >= 15 is 0 Å². The lowest BCUT2D eigenvalue weighted by molar-refractivity contribution is -0.168. The van der Waals surface area contributed by atoms with Gasteiger partial charge in [0.25, 0.3) is 0 Å². The predicted molar refractivity (Wildman–Crippen MR) is 64.7 cm³/mol. The van der Waals surface area contributed by atoms with Crippen LogP contribution in [0.15, 0.2) is 0 Å². The molecule has 0 unspecified atom stereocenters. The van der Waals surface area contributed by atoms with Gasteiger partial charge in [-0.25, -0.2) is 4.79 Å². The molecule has 1 amide bonds. The maximum absolute atomic E-state index is 11.0. The number of hydrogen-bond acceptors (Lipinski definition) is 7. The molecule has 0 aromatic carbocycles. The summed E-state index contributed by atoms with van der Waals surface area (Å²) in [4.78, 5) is 32.7. The number of carbonyl (C=O) groups is 3. The van der Waals surface area contributed by atoms with Gasteiger partial charge in [-0.1, -0.05) is 0 Å². The van der Waals surface area contributed by atoms with Gasteiger partial charge < -0.3 is 35.3 Å². The van der Waals surface area contributed by atoms with Gasteiger partial charge in [-0.2, -0.15) is 0 Å². The summed E-state index contributed by atoms with van der Waals surface area (Å²) in [6, 6.07) is -1.37. The molecule has 0 aromatic heterocycles. The molecule has 0 radical (unpaired) electrons. The molecule has 9 heteroatoms. The molecule has 0 saturated carbocycles. The van der Waals surface area contributed by atoms with Crippen LogP contribution in [0, 0.1) is 0 Å². The van der Waals surface area contributed by atoms with E-state index < -0.39 is 48.9 Å². The Labute approximate surface area is 115 Å². The number of amides is 1. The molecule has 0 bridgehead atoms. The Bertz CT molecular complexity index is 347. The molecule has 0 aromatic rings. The number of hydrogen-bond donors (Lipinski definition) is 5. The zero-order chi connectivity index (χ0) is 15.9. The van der Waals surface area contributed by atoms with Crippen molar-refractivity contribution < 1.29 is 39.5 Å². The molecule has 0 heterocycles. The van der Waals surface area contributed by atoms with Crippen molar-refractivity contribution in [3.05, 3.63) is 0 Å². The topological polar surface area (TPSA) is 153 Å². The molecule has 0 fully saturated rings. The Hall–Kier alpha value is -1.55. The van der Waals surface area contributed by atoms with Crippen LogP contribution in [0.3, 0.4) is 0 Å². The van der Waals surface area contributed by atoms with E-state index in [1.807, 2.05) is 0 Å². The van der Waals surface area contributed by atoms with Crippen molar-refractivity contribution in [2.75, 3.05) is 6.61 Å². The van der Waals surface area contributed by atoms with Gasteiger partial charge in [-0.3, -0.25) is 4.79 Å². The van der Waals surface area contributed by atoms with Crippen LogP contribution < -0.4 is 5.32 Å². The smallest absolute Gasteiger partial charge is 0.332 e. The molecule has 20 heavy (non-hydrogen) atoms. The van der Waals surface area contributed by atoms with E-state index in [1.165, 1.54) is 0 Å². The van der Waals surface area contributed by atoms with Crippen molar-refractivity contribution >= 4 is 18.2 Å². The van der Waals surface area contributed by atoms with E-state index in [0.717, 1.165) is 13.8 Å².